The number of nitrogens with zero attached hydrogens (tertiary/aromatic N) is 3. The molecule has 1 aromatic heterocycles. The number of hydrogen-bond donors (Lipinski definition) is 2. The maximum atomic E-state index is 10.8. The molecule has 1 heterocycles. The molecule has 1 aromatic rings. The Morgan fingerprint density at radius 2 is 2.24 bits per heavy atom. The van der Waals surface area contributed by atoms with Gasteiger partial charge in [-0.2, -0.15) is 0 Å². The van der Waals surface area contributed by atoms with Gasteiger partial charge >= 0.3 is 5.97 Å². The highest BCUT2D eigenvalue weighted by molar-refractivity contribution is 5.70. The van der Waals surface area contributed by atoms with Crippen LogP contribution >= 0.6 is 0 Å². The number of aliphatic carboxylic acids is 1. The van der Waals surface area contributed by atoms with Crippen LogP contribution in [-0.2, 0) is 18.4 Å². The summed E-state index contributed by atoms with van der Waals surface area (Å²) in [5.41, 5.74) is 0. The highest BCUT2D eigenvalue weighted by Crippen LogP contribution is 2.24. The van der Waals surface area contributed by atoms with Crippen molar-refractivity contribution in [1.82, 2.24) is 20.1 Å². The second-order valence-corrected chi connectivity index (χ2v) is 4.63. The predicted molar refractivity (Wildman–Crippen MR) is 61.2 cm³/mol. The molecule has 0 radical (unpaired) electrons. The number of hydrogen-bond acceptors (Lipinski definition) is 4. The number of nitrogens with one attached hydrogen (secondary N) is 1. The first-order valence-corrected chi connectivity index (χ1v) is 5.96. The van der Waals surface area contributed by atoms with Crippen LogP contribution in [0.2, 0.25) is 0 Å². The van der Waals surface area contributed by atoms with Crippen LogP contribution in [0.5, 0.6) is 0 Å². The van der Waals surface area contributed by atoms with E-state index in [0.29, 0.717) is 12.6 Å². The second kappa shape index (κ2) is 5.27. The fourth-order valence-corrected chi connectivity index (χ4v) is 2.25. The molecule has 2 rings (SSSR count). The number of aromatic nitrogens is 3. The Morgan fingerprint density at radius 1 is 1.53 bits per heavy atom. The molecule has 0 spiro atoms. The topological polar surface area (TPSA) is 80.0 Å². The Balaban J connectivity index is 1.75. The molecule has 0 aromatic carbocycles. The first-order valence-electron chi connectivity index (χ1n) is 5.96. The molecule has 0 unspecified atom stereocenters. The quantitative estimate of drug-likeness (QED) is 0.800. The van der Waals surface area contributed by atoms with Gasteiger partial charge in [0.1, 0.15) is 12.2 Å². The number of rotatable bonds is 4. The van der Waals surface area contributed by atoms with Crippen LogP contribution in [0.3, 0.4) is 0 Å². The lowest BCUT2D eigenvalue weighted by molar-refractivity contribution is -0.142. The highest BCUT2D eigenvalue weighted by Gasteiger charge is 2.25. The van der Waals surface area contributed by atoms with Gasteiger partial charge in [0.25, 0.3) is 0 Å². The van der Waals surface area contributed by atoms with Gasteiger partial charge in [-0.3, -0.25) is 4.79 Å². The third-order valence-corrected chi connectivity index (χ3v) is 3.43. The average Bonchev–Trinajstić information content (AvgIpc) is 2.73. The standard InChI is InChI=1S/C11H18N4O2/c1-15-7-13-14-10(15)6-12-9-4-2-8(3-5-9)11(16)17/h7-9,12H,2-6H2,1H3,(H,16,17). The molecule has 1 aliphatic carbocycles. The Morgan fingerprint density at radius 3 is 2.76 bits per heavy atom. The van der Waals surface area contributed by atoms with E-state index in [1.807, 2.05) is 11.6 Å². The molecule has 2 N–H and O–H groups in total. The molecular formula is C11H18N4O2. The number of carbonyl (C=O) groups is 1. The van der Waals surface area contributed by atoms with Crippen molar-refractivity contribution in [3.05, 3.63) is 12.2 Å². The molecule has 6 heteroatoms. The minimum absolute atomic E-state index is 0.150. The molecule has 17 heavy (non-hydrogen) atoms. The zero-order chi connectivity index (χ0) is 12.3. The van der Waals surface area contributed by atoms with E-state index in [4.69, 9.17) is 5.11 Å². The van der Waals surface area contributed by atoms with E-state index in [0.717, 1.165) is 31.5 Å². The summed E-state index contributed by atoms with van der Waals surface area (Å²) in [7, 11) is 1.92. The van der Waals surface area contributed by atoms with E-state index in [-0.39, 0.29) is 5.92 Å². The van der Waals surface area contributed by atoms with E-state index < -0.39 is 5.97 Å². The van der Waals surface area contributed by atoms with Crippen LogP contribution in [0.15, 0.2) is 6.33 Å². The van der Waals surface area contributed by atoms with Gasteiger partial charge in [0.2, 0.25) is 0 Å². The van der Waals surface area contributed by atoms with E-state index in [1.54, 1.807) is 6.33 Å². The lowest BCUT2D eigenvalue weighted by atomic mass is 9.86. The van der Waals surface area contributed by atoms with Crippen LogP contribution in [0.1, 0.15) is 31.5 Å². The van der Waals surface area contributed by atoms with Gasteiger partial charge in [0.05, 0.1) is 12.5 Å². The fourth-order valence-electron chi connectivity index (χ4n) is 2.25. The lowest BCUT2D eigenvalue weighted by Crippen LogP contribution is -2.35. The molecule has 0 aliphatic heterocycles. The van der Waals surface area contributed by atoms with Crippen molar-refractivity contribution >= 4 is 5.97 Å². The monoisotopic (exact) mass is 238 g/mol. The Kier molecular flexibility index (Phi) is 3.73. The maximum Gasteiger partial charge on any atom is 0.306 e. The number of carboxylic acid groups (broad SMARTS) is 1. The summed E-state index contributed by atoms with van der Waals surface area (Å²) in [5, 5.41) is 20.1. The summed E-state index contributed by atoms with van der Waals surface area (Å²) in [6, 6.07) is 0.405. The van der Waals surface area contributed by atoms with Gasteiger partial charge in [0, 0.05) is 13.1 Å². The SMILES string of the molecule is Cn1cnnc1CNC1CCC(C(=O)O)CC1. The average molecular weight is 238 g/mol. The van der Waals surface area contributed by atoms with Crippen LogP contribution in [0, 0.1) is 5.92 Å². The molecule has 0 saturated heterocycles. The Hall–Kier alpha value is -1.43. The molecule has 0 bridgehead atoms. The smallest absolute Gasteiger partial charge is 0.306 e. The van der Waals surface area contributed by atoms with Crippen molar-refractivity contribution in [3.8, 4) is 0 Å². The summed E-state index contributed by atoms with van der Waals surface area (Å²) >= 11 is 0. The minimum atomic E-state index is -0.656. The van der Waals surface area contributed by atoms with Crippen molar-refractivity contribution in [2.75, 3.05) is 0 Å². The lowest BCUT2D eigenvalue weighted by Gasteiger charge is -2.26. The van der Waals surface area contributed by atoms with Crippen LogP contribution in [0.4, 0.5) is 0 Å². The summed E-state index contributed by atoms with van der Waals surface area (Å²) in [4.78, 5) is 10.8. The fraction of sp³-hybridized carbons (Fsp3) is 0.727. The van der Waals surface area contributed by atoms with Gasteiger partial charge in [0.15, 0.2) is 0 Å². The third kappa shape index (κ3) is 3.03. The normalized spacial score (nSPS) is 24.8. The Labute approximate surface area is 100 Å². The van der Waals surface area contributed by atoms with Gasteiger partial charge in [-0.1, -0.05) is 0 Å². The molecular weight excluding hydrogens is 220 g/mol. The molecule has 1 aliphatic rings. The van der Waals surface area contributed by atoms with Gasteiger partial charge in [-0.25, -0.2) is 0 Å². The maximum absolute atomic E-state index is 10.8. The second-order valence-electron chi connectivity index (χ2n) is 4.63. The van der Waals surface area contributed by atoms with Crippen LogP contribution in [0.25, 0.3) is 0 Å². The molecule has 0 amide bonds. The summed E-state index contributed by atoms with van der Waals surface area (Å²) < 4.78 is 1.88. The summed E-state index contributed by atoms with van der Waals surface area (Å²) in [6.45, 7) is 0.693. The first kappa shape index (κ1) is 12.0. The van der Waals surface area contributed by atoms with Crippen molar-refractivity contribution in [2.24, 2.45) is 13.0 Å². The summed E-state index contributed by atoms with van der Waals surface area (Å²) in [5.74, 6) is 0.102. The zero-order valence-electron chi connectivity index (χ0n) is 9.96. The van der Waals surface area contributed by atoms with Crippen molar-refractivity contribution in [3.63, 3.8) is 0 Å². The summed E-state index contributed by atoms with van der Waals surface area (Å²) in [6.07, 6.45) is 5.07. The van der Waals surface area contributed by atoms with E-state index in [2.05, 4.69) is 15.5 Å². The largest absolute Gasteiger partial charge is 0.481 e. The predicted octanol–water partition coefficient (Wildman–Crippen LogP) is 0.548. The highest BCUT2D eigenvalue weighted by atomic mass is 16.4. The van der Waals surface area contributed by atoms with Crippen molar-refractivity contribution < 1.29 is 9.90 Å². The molecule has 0 atom stereocenters. The minimum Gasteiger partial charge on any atom is -0.481 e. The van der Waals surface area contributed by atoms with Gasteiger partial charge < -0.3 is 15.0 Å². The van der Waals surface area contributed by atoms with Gasteiger partial charge in [-0.05, 0) is 25.7 Å². The van der Waals surface area contributed by atoms with E-state index in [9.17, 15) is 4.79 Å². The molecule has 6 nitrogen and oxygen atoms in total. The molecule has 1 fully saturated rings. The Bertz CT molecular complexity index is 383. The zero-order valence-corrected chi connectivity index (χ0v) is 9.96. The van der Waals surface area contributed by atoms with Crippen LogP contribution in [-0.4, -0.2) is 31.9 Å². The van der Waals surface area contributed by atoms with Gasteiger partial charge in [-0.15, -0.1) is 10.2 Å². The third-order valence-electron chi connectivity index (χ3n) is 3.43. The van der Waals surface area contributed by atoms with E-state index in [1.165, 1.54) is 0 Å². The molecule has 94 valence electrons. The first-order chi connectivity index (χ1) is 8.16. The van der Waals surface area contributed by atoms with Crippen molar-refractivity contribution in [1.29, 1.82) is 0 Å². The number of carboxylic acids is 1. The van der Waals surface area contributed by atoms with E-state index >= 15 is 0 Å². The number of aryl methyl sites for hydroxylation is 1. The van der Waals surface area contributed by atoms with Crippen LogP contribution < -0.4 is 5.32 Å². The molecule has 1 saturated carbocycles. The van der Waals surface area contributed by atoms with Crippen molar-refractivity contribution in [2.45, 2.75) is 38.3 Å².